The van der Waals surface area contributed by atoms with Gasteiger partial charge in [-0.2, -0.15) is 0 Å². The first kappa shape index (κ1) is 27.2. The summed E-state index contributed by atoms with van der Waals surface area (Å²) in [4.78, 5) is 11.5. The Morgan fingerprint density at radius 1 is 0.786 bits per heavy atom. The summed E-state index contributed by atoms with van der Waals surface area (Å²) in [7, 11) is 0. The Morgan fingerprint density at radius 2 is 1.36 bits per heavy atom. The summed E-state index contributed by atoms with van der Waals surface area (Å²) in [5, 5.41) is 18.0. The van der Waals surface area contributed by atoms with Crippen molar-refractivity contribution in [3.05, 3.63) is 0 Å². The third-order valence-electron chi connectivity index (χ3n) is 3.87. The maximum Gasteiger partial charge on any atom is 0.305 e. The molecule has 0 heterocycles. The van der Waals surface area contributed by atoms with Crippen LogP contribution in [-0.2, 0) is 28.5 Å². The van der Waals surface area contributed by atoms with E-state index < -0.39 is 6.29 Å². The standard InChI is InChI=1S/C20H40O8/c1-2-3-4-5-6-8-19(22)27-17-15-25-13-11-24-12-14-26-16-18-28-20(23)9-7-10-21/h20-21,23H,2-18H2,1H3. The lowest BCUT2D eigenvalue weighted by Crippen LogP contribution is -2.17. The molecule has 0 aliphatic rings. The fourth-order valence-corrected chi connectivity index (χ4v) is 2.29. The molecule has 0 aromatic rings. The van der Waals surface area contributed by atoms with Gasteiger partial charge in [0.2, 0.25) is 0 Å². The number of hydrogen-bond acceptors (Lipinski definition) is 8. The average molecular weight is 409 g/mol. The molecule has 0 spiro atoms. The smallest absolute Gasteiger partial charge is 0.305 e. The number of esters is 1. The molecule has 8 heteroatoms. The van der Waals surface area contributed by atoms with Gasteiger partial charge in [-0.05, 0) is 12.8 Å². The van der Waals surface area contributed by atoms with Crippen molar-refractivity contribution >= 4 is 5.97 Å². The first-order chi connectivity index (χ1) is 13.7. The van der Waals surface area contributed by atoms with Gasteiger partial charge in [-0.1, -0.05) is 32.6 Å². The molecule has 1 atom stereocenters. The fraction of sp³-hybridized carbons (Fsp3) is 0.950. The van der Waals surface area contributed by atoms with E-state index in [1.54, 1.807) is 0 Å². The van der Waals surface area contributed by atoms with E-state index in [-0.39, 0.29) is 19.2 Å². The molecule has 0 amide bonds. The summed E-state index contributed by atoms with van der Waals surface area (Å²) in [6.07, 6.45) is 6.14. The largest absolute Gasteiger partial charge is 0.463 e. The molecule has 0 bridgehead atoms. The van der Waals surface area contributed by atoms with Gasteiger partial charge in [-0.25, -0.2) is 0 Å². The Balaban J connectivity index is 3.16. The minimum atomic E-state index is -0.853. The predicted molar refractivity (Wildman–Crippen MR) is 105 cm³/mol. The van der Waals surface area contributed by atoms with Crippen LogP contribution in [0.3, 0.4) is 0 Å². The third-order valence-corrected chi connectivity index (χ3v) is 3.87. The van der Waals surface area contributed by atoms with Crippen LogP contribution in [0.1, 0.15) is 58.3 Å². The second kappa shape index (κ2) is 22.5. The van der Waals surface area contributed by atoms with Crippen molar-refractivity contribution in [3.8, 4) is 0 Å². The van der Waals surface area contributed by atoms with Crippen molar-refractivity contribution in [1.29, 1.82) is 0 Å². The highest BCUT2D eigenvalue weighted by Gasteiger charge is 2.03. The van der Waals surface area contributed by atoms with Crippen LogP contribution in [0.5, 0.6) is 0 Å². The Bertz CT molecular complexity index is 327. The number of aliphatic hydroxyl groups is 2. The summed E-state index contributed by atoms with van der Waals surface area (Å²) in [6, 6.07) is 0. The summed E-state index contributed by atoms with van der Waals surface area (Å²) in [5.41, 5.74) is 0. The van der Waals surface area contributed by atoms with Gasteiger partial charge in [-0.3, -0.25) is 4.79 Å². The van der Waals surface area contributed by atoms with Crippen molar-refractivity contribution in [2.45, 2.75) is 64.6 Å². The lowest BCUT2D eigenvalue weighted by atomic mass is 10.1. The predicted octanol–water partition coefficient (Wildman–Crippen LogP) is 2.05. The van der Waals surface area contributed by atoms with E-state index in [9.17, 15) is 9.90 Å². The van der Waals surface area contributed by atoms with E-state index in [2.05, 4.69) is 6.92 Å². The van der Waals surface area contributed by atoms with Crippen LogP contribution in [-0.4, -0.2) is 81.9 Å². The van der Waals surface area contributed by atoms with Gasteiger partial charge in [0.05, 0.1) is 46.2 Å². The molecule has 0 saturated heterocycles. The molecular weight excluding hydrogens is 368 g/mol. The first-order valence-electron chi connectivity index (χ1n) is 10.5. The summed E-state index contributed by atoms with van der Waals surface area (Å²) in [5.74, 6) is -0.154. The van der Waals surface area contributed by atoms with Gasteiger partial charge in [0.25, 0.3) is 0 Å². The molecule has 0 fully saturated rings. The zero-order valence-electron chi connectivity index (χ0n) is 17.4. The van der Waals surface area contributed by atoms with Gasteiger partial charge in [-0.15, -0.1) is 0 Å². The highest BCUT2D eigenvalue weighted by Crippen LogP contribution is 2.05. The summed E-state index contributed by atoms with van der Waals surface area (Å²) in [6.45, 7) is 5.31. The minimum absolute atomic E-state index is 0.0440. The molecule has 168 valence electrons. The number of aliphatic hydroxyl groups excluding tert-OH is 2. The molecule has 0 aliphatic heterocycles. The lowest BCUT2D eigenvalue weighted by Gasteiger charge is -2.11. The van der Waals surface area contributed by atoms with Crippen molar-refractivity contribution < 1.29 is 38.7 Å². The second-order valence-electron chi connectivity index (χ2n) is 6.41. The van der Waals surface area contributed by atoms with Crippen LogP contribution in [0.2, 0.25) is 0 Å². The zero-order chi connectivity index (χ0) is 20.7. The zero-order valence-corrected chi connectivity index (χ0v) is 17.4. The maximum atomic E-state index is 11.5. The van der Waals surface area contributed by atoms with Crippen LogP contribution in [0.4, 0.5) is 0 Å². The summed E-state index contributed by atoms with van der Waals surface area (Å²) < 4.78 is 26.2. The van der Waals surface area contributed by atoms with E-state index in [4.69, 9.17) is 28.8 Å². The number of carbonyl (C=O) groups is 1. The molecule has 0 aromatic heterocycles. The van der Waals surface area contributed by atoms with Crippen LogP contribution < -0.4 is 0 Å². The van der Waals surface area contributed by atoms with Gasteiger partial charge in [0, 0.05) is 19.4 Å². The normalized spacial score (nSPS) is 12.2. The van der Waals surface area contributed by atoms with Crippen molar-refractivity contribution in [3.63, 3.8) is 0 Å². The molecule has 0 aromatic carbocycles. The van der Waals surface area contributed by atoms with Crippen molar-refractivity contribution in [2.24, 2.45) is 0 Å². The Morgan fingerprint density at radius 3 is 1.96 bits per heavy atom. The van der Waals surface area contributed by atoms with Gasteiger partial charge in [0.1, 0.15) is 6.61 Å². The van der Waals surface area contributed by atoms with Gasteiger partial charge >= 0.3 is 5.97 Å². The topological polar surface area (TPSA) is 104 Å². The van der Waals surface area contributed by atoms with Crippen LogP contribution in [0.15, 0.2) is 0 Å². The minimum Gasteiger partial charge on any atom is -0.463 e. The van der Waals surface area contributed by atoms with E-state index in [1.165, 1.54) is 19.3 Å². The summed E-state index contributed by atoms with van der Waals surface area (Å²) >= 11 is 0. The van der Waals surface area contributed by atoms with Gasteiger partial charge in [0.15, 0.2) is 6.29 Å². The quantitative estimate of drug-likeness (QED) is 0.159. The maximum absolute atomic E-state index is 11.5. The van der Waals surface area contributed by atoms with E-state index in [0.29, 0.717) is 65.5 Å². The highest BCUT2D eigenvalue weighted by atomic mass is 16.6. The number of rotatable bonds is 22. The molecule has 8 nitrogen and oxygen atoms in total. The van der Waals surface area contributed by atoms with Crippen molar-refractivity contribution in [1.82, 2.24) is 0 Å². The number of ether oxygens (including phenoxy) is 5. The molecular formula is C20H40O8. The third kappa shape index (κ3) is 21.5. The van der Waals surface area contributed by atoms with Crippen LogP contribution in [0.25, 0.3) is 0 Å². The van der Waals surface area contributed by atoms with E-state index in [1.807, 2.05) is 0 Å². The number of unbranched alkanes of at least 4 members (excludes halogenated alkanes) is 4. The van der Waals surface area contributed by atoms with Crippen LogP contribution in [0, 0.1) is 0 Å². The molecule has 0 saturated carbocycles. The molecule has 0 aliphatic carbocycles. The fourth-order valence-electron chi connectivity index (χ4n) is 2.29. The lowest BCUT2D eigenvalue weighted by molar-refractivity contribution is -0.145. The molecule has 28 heavy (non-hydrogen) atoms. The Labute approximate surface area is 169 Å². The first-order valence-corrected chi connectivity index (χ1v) is 10.5. The highest BCUT2D eigenvalue weighted by molar-refractivity contribution is 5.69. The Hall–Kier alpha value is -0.770. The van der Waals surface area contributed by atoms with E-state index in [0.717, 1.165) is 12.8 Å². The van der Waals surface area contributed by atoms with Gasteiger partial charge < -0.3 is 33.9 Å². The number of carbonyl (C=O) groups excluding carboxylic acids is 1. The molecule has 0 radical (unpaired) electrons. The molecule has 0 rings (SSSR count). The Kier molecular flexibility index (Phi) is 21.9. The average Bonchev–Trinajstić information content (AvgIpc) is 2.69. The van der Waals surface area contributed by atoms with Crippen molar-refractivity contribution in [2.75, 3.05) is 59.5 Å². The monoisotopic (exact) mass is 408 g/mol. The number of hydrogen-bond donors (Lipinski definition) is 2. The molecule has 2 N–H and O–H groups in total. The SMILES string of the molecule is CCCCCCCC(=O)OCCOCCOCCOCCOC(O)CCCO. The second-order valence-corrected chi connectivity index (χ2v) is 6.41. The molecule has 1 unspecified atom stereocenters. The van der Waals surface area contributed by atoms with E-state index >= 15 is 0 Å². The van der Waals surface area contributed by atoms with Crippen LogP contribution >= 0.6 is 0 Å².